The molecule has 0 bridgehead atoms. The number of hydrogen-bond donors (Lipinski definition) is 3. The summed E-state index contributed by atoms with van der Waals surface area (Å²) < 4.78 is 0. The number of carbonyl (C=O) groups is 2. The van der Waals surface area contributed by atoms with Crippen LogP contribution in [0.1, 0.15) is 20.3 Å². The van der Waals surface area contributed by atoms with Crippen LogP contribution >= 0.6 is 23.2 Å². The van der Waals surface area contributed by atoms with Gasteiger partial charge in [0.25, 0.3) is 0 Å². The Balaban J connectivity index is 2.76. The van der Waals surface area contributed by atoms with Gasteiger partial charge in [-0.2, -0.15) is 0 Å². The van der Waals surface area contributed by atoms with Crippen molar-refractivity contribution in [3.8, 4) is 0 Å². The number of amides is 2. The first-order valence-electron chi connectivity index (χ1n) is 6.11. The summed E-state index contributed by atoms with van der Waals surface area (Å²) in [5.41, 5.74) is 0.324. The van der Waals surface area contributed by atoms with Crippen molar-refractivity contribution in [2.45, 2.75) is 26.3 Å². The molecule has 0 spiro atoms. The molecule has 0 aliphatic carbocycles. The molecule has 1 aromatic carbocycles. The van der Waals surface area contributed by atoms with E-state index >= 15 is 0 Å². The molecule has 0 aromatic heterocycles. The molecule has 110 valence electrons. The van der Waals surface area contributed by atoms with Crippen LogP contribution in [0.5, 0.6) is 0 Å². The smallest absolute Gasteiger partial charge is 0.326 e. The first kappa shape index (κ1) is 16.6. The average molecular weight is 319 g/mol. The lowest BCUT2D eigenvalue weighted by Crippen LogP contribution is -2.46. The van der Waals surface area contributed by atoms with E-state index in [1.807, 2.05) is 6.92 Å². The van der Waals surface area contributed by atoms with Crippen molar-refractivity contribution in [1.82, 2.24) is 5.32 Å². The van der Waals surface area contributed by atoms with Crippen LogP contribution in [-0.2, 0) is 4.79 Å². The Hall–Kier alpha value is -1.46. The molecule has 0 aliphatic heterocycles. The predicted molar refractivity (Wildman–Crippen MR) is 79.5 cm³/mol. The fraction of sp³-hybridized carbons (Fsp3) is 0.385. The number of benzene rings is 1. The summed E-state index contributed by atoms with van der Waals surface area (Å²) in [5, 5.41) is 14.5. The van der Waals surface area contributed by atoms with Gasteiger partial charge in [-0.05, 0) is 18.1 Å². The zero-order valence-corrected chi connectivity index (χ0v) is 12.6. The summed E-state index contributed by atoms with van der Waals surface area (Å²) >= 11 is 11.8. The Kier molecular flexibility index (Phi) is 6.10. The van der Waals surface area contributed by atoms with Crippen LogP contribution < -0.4 is 10.6 Å². The van der Waals surface area contributed by atoms with Gasteiger partial charge in [-0.15, -0.1) is 0 Å². The number of rotatable bonds is 5. The van der Waals surface area contributed by atoms with Gasteiger partial charge < -0.3 is 15.7 Å². The van der Waals surface area contributed by atoms with Crippen molar-refractivity contribution in [2.24, 2.45) is 5.92 Å². The van der Waals surface area contributed by atoms with Crippen LogP contribution in [0.4, 0.5) is 10.5 Å². The molecule has 3 N–H and O–H groups in total. The van der Waals surface area contributed by atoms with Gasteiger partial charge in [0.05, 0.1) is 15.7 Å². The van der Waals surface area contributed by atoms with E-state index in [9.17, 15) is 9.59 Å². The molecule has 0 radical (unpaired) electrons. The molecular weight excluding hydrogens is 303 g/mol. The van der Waals surface area contributed by atoms with Gasteiger partial charge in [-0.25, -0.2) is 9.59 Å². The van der Waals surface area contributed by atoms with E-state index in [4.69, 9.17) is 28.3 Å². The van der Waals surface area contributed by atoms with E-state index in [1.165, 1.54) is 0 Å². The third kappa shape index (κ3) is 4.28. The Bertz CT molecular complexity index is 508. The number of nitrogens with one attached hydrogen (secondary N) is 2. The summed E-state index contributed by atoms with van der Waals surface area (Å²) in [5.74, 6) is -1.26. The third-order valence-corrected chi connectivity index (χ3v) is 3.78. The van der Waals surface area contributed by atoms with E-state index in [2.05, 4.69) is 10.6 Å². The molecule has 1 rings (SSSR count). The van der Waals surface area contributed by atoms with Crippen molar-refractivity contribution >= 4 is 40.9 Å². The van der Waals surface area contributed by atoms with Crippen LogP contribution in [0.3, 0.4) is 0 Å². The summed E-state index contributed by atoms with van der Waals surface area (Å²) in [7, 11) is 0. The fourth-order valence-corrected chi connectivity index (χ4v) is 1.93. The second-order valence-corrected chi connectivity index (χ2v) is 5.19. The summed E-state index contributed by atoms with van der Waals surface area (Å²) in [6.07, 6.45) is 0.634. The van der Waals surface area contributed by atoms with Gasteiger partial charge in [0, 0.05) is 0 Å². The van der Waals surface area contributed by atoms with Crippen LogP contribution in [-0.4, -0.2) is 23.1 Å². The number of carboxylic acids is 1. The first-order chi connectivity index (χ1) is 9.36. The van der Waals surface area contributed by atoms with Gasteiger partial charge in [0.2, 0.25) is 0 Å². The maximum Gasteiger partial charge on any atom is 0.326 e. The molecule has 0 fully saturated rings. The molecule has 0 aliphatic rings. The topological polar surface area (TPSA) is 78.4 Å². The number of hydrogen-bond acceptors (Lipinski definition) is 2. The highest BCUT2D eigenvalue weighted by Crippen LogP contribution is 2.29. The third-order valence-electron chi connectivity index (χ3n) is 2.97. The normalized spacial score (nSPS) is 13.4. The maximum atomic E-state index is 11.8. The standard InChI is InChI=1S/C13H16Cl2N2O3/c1-3-7(2)11(12(18)19)17-13(20)16-9-6-4-5-8(14)10(9)15/h4-7,11H,3H2,1-2H3,(H,18,19)(H2,16,17,20)/t7-,11-/m1/s1. The minimum Gasteiger partial charge on any atom is -0.480 e. The quantitative estimate of drug-likeness (QED) is 0.775. The van der Waals surface area contributed by atoms with Crippen molar-refractivity contribution in [2.75, 3.05) is 5.32 Å². The highest BCUT2D eigenvalue weighted by atomic mass is 35.5. The maximum absolute atomic E-state index is 11.8. The molecule has 1 aromatic rings. The summed E-state index contributed by atoms with van der Waals surface area (Å²) in [6.45, 7) is 3.61. The number of urea groups is 1. The van der Waals surface area contributed by atoms with Crippen LogP contribution in [0.25, 0.3) is 0 Å². The monoisotopic (exact) mass is 318 g/mol. The lowest BCUT2D eigenvalue weighted by atomic mass is 9.99. The molecule has 20 heavy (non-hydrogen) atoms. The highest BCUT2D eigenvalue weighted by molar-refractivity contribution is 6.43. The van der Waals surface area contributed by atoms with Gasteiger partial charge in [0.15, 0.2) is 0 Å². The van der Waals surface area contributed by atoms with E-state index in [0.29, 0.717) is 17.1 Å². The van der Waals surface area contributed by atoms with Crippen LogP contribution in [0.2, 0.25) is 10.0 Å². The predicted octanol–water partition coefficient (Wildman–Crippen LogP) is 3.61. The molecule has 7 heteroatoms. The SMILES string of the molecule is CC[C@@H](C)[C@@H](NC(=O)Nc1cccc(Cl)c1Cl)C(=O)O. The second-order valence-electron chi connectivity index (χ2n) is 4.40. The van der Waals surface area contributed by atoms with E-state index in [1.54, 1.807) is 25.1 Å². The number of aliphatic carboxylic acids is 1. The van der Waals surface area contributed by atoms with Gasteiger partial charge in [-0.1, -0.05) is 49.5 Å². The molecule has 5 nitrogen and oxygen atoms in total. The second kappa shape index (κ2) is 7.36. The Morgan fingerprint density at radius 1 is 1.35 bits per heavy atom. The molecule has 0 unspecified atom stereocenters. The minimum absolute atomic E-state index is 0.187. The van der Waals surface area contributed by atoms with Crippen molar-refractivity contribution in [3.05, 3.63) is 28.2 Å². The molecular formula is C13H16Cl2N2O3. The molecule has 0 saturated carbocycles. The average Bonchev–Trinajstić information content (AvgIpc) is 2.40. The number of anilines is 1. The fourth-order valence-electron chi connectivity index (χ4n) is 1.58. The zero-order chi connectivity index (χ0) is 15.3. The van der Waals surface area contributed by atoms with Gasteiger partial charge in [0.1, 0.15) is 6.04 Å². The van der Waals surface area contributed by atoms with Crippen LogP contribution in [0, 0.1) is 5.92 Å². The molecule has 0 heterocycles. The van der Waals surface area contributed by atoms with Crippen molar-refractivity contribution < 1.29 is 14.7 Å². The Labute approximate surface area is 127 Å². The number of carbonyl (C=O) groups excluding carboxylic acids is 1. The molecule has 0 saturated heterocycles. The first-order valence-corrected chi connectivity index (χ1v) is 6.86. The number of halogens is 2. The highest BCUT2D eigenvalue weighted by Gasteiger charge is 2.25. The largest absolute Gasteiger partial charge is 0.480 e. The lowest BCUT2D eigenvalue weighted by Gasteiger charge is -2.20. The van der Waals surface area contributed by atoms with E-state index in [0.717, 1.165) is 0 Å². The Morgan fingerprint density at radius 2 is 2.00 bits per heavy atom. The van der Waals surface area contributed by atoms with Gasteiger partial charge >= 0.3 is 12.0 Å². The summed E-state index contributed by atoms with van der Waals surface area (Å²) in [6, 6.07) is 3.20. The van der Waals surface area contributed by atoms with Crippen molar-refractivity contribution in [3.63, 3.8) is 0 Å². The van der Waals surface area contributed by atoms with E-state index < -0.39 is 18.0 Å². The lowest BCUT2D eigenvalue weighted by molar-refractivity contribution is -0.140. The number of carboxylic acid groups (broad SMARTS) is 1. The Morgan fingerprint density at radius 3 is 2.55 bits per heavy atom. The summed E-state index contributed by atoms with van der Waals surface area (Å²) in [4.78, 5) is 22.9. The van der Waals surface area contributed by atoms with Gasteiger partial charge in [-0.3, -0.25) is 0 Å². The molecule has 2 amide bonds. The van der Waals surface area contributed by atoms with Crippen LogP contribution in [0.15, 0.2) is 18.2 Å². The van der Waals surface area contributed by atoms with Crippen molar-refractivity contribution in [1.29, 1.82) is 0 Å². The zero-order valence-electron chi connectivity index (χ0n) is 11.1. The van der Waals surface area contributed by atoms with E-state index in [-0.39, 0.29) is 10.9 Å². The minimum atomic E-state index is -1.08. The molecule has 2 atom stereocenters.